The summed E-state index contributed by atoms with van der Waals surface area (Å²) < 4.78 is 0. The van der Waals surface area contributed by atoms with Crippen LogP contribution in [0.3, 0.4) is 0 Å². The molecule has 4 aromatic rings. The standard InChI is InChI=1S/C20H13S2.Zn/c1-2-5-15(6-3-1)16-8-10-17(11-9-16)18-12-13-20(22-18)19-7-4-14-21-19;/h1-13H;/q-1;. The summed E-state index contributed by atoms with van der Waals surface area (Å²) in [5.41, 5.74) is 3.79. The van der Waals surface area contributed by atoms with Crippen molar-refractivity contribution in [3.63, 3.8) is 0 Å². The zero-order chi connectivity index (χ0) is 14.8. The van der Waals surface area contributed by atoms with Gasteiger partial charge in [-0.15, -0.1) is 21.6 Å². The molecule has 0 amide bonds. The van der Waals surface area contributed by atoms with Gasteiger partial charge in [-0.1, -0.05) is 60.7 Å². The third-order valence-electron chi connectivity index (χ3n) is 3.60. The molecule has 0 spiro atoms. The second-order valence-electron chi connectivity index (χ2n) is 5.02. The van der Waals surface area contributed by atoms with E-state index in [4.69, 9.17) is 0 Å². The largest absolute Gasteiger partial charge is 0.295 e. The Hall–Kier alpha value is -1.54. The van der Waals surface area contributed by atoms with Gasteiger partial charge >= 0.3 is 0 Å². The summed E-state index contributed by atoms with van der Waals surface area (Å²) in [6.45, 7) is 0. The molecule has 23 heavy (non-hydrogen) atoms. The van der Waals surface area contributed by atoms with Crippen molar-refractivity contribution in [3.05, 3.63) is 84.2 Å². The maximum atomic E-state index is 3.15. The fourth-order valence-electron chi connectivity index (χ4n) is 2.46. The zero-order valence-electron chi connectivity index (χ0n) is 12.5. The average molecular weight is 383 g/mol. The van der Waals surface area contributed by atoms with Crippen LogP contribution in [-0.4, -0.2) is 0 Å². The molecule has 0 aliphatic heterocycles. The van der Waals surface area contributed by atoms with E-state index in [9.17, 15) is 0 Å². The fraction of sp³-hybridized carbons (Fsp3) is 0. The van der Waals surface area contributed by atoms with Gasteiger partial charge in [-0.2, -0.15) is 12.1 Å². The number of hydrogen-bond acceptors (Lipinski definition) is 2. The van der Waals surface area contributed by atoms with Crippen LogP contribution in [0.4, 0.5) is 0 Å². The maximum Gasteiger partial charge on any atom is 0.0337 e. The minimum absolute atomic E-state index is 0. The van der Waals surface area contributed by atoms with Crippen LogP contribution in [-0.2, 0) is 19.5 Å². The van der Waals surface area contributed by atoms with Gasteiger partial charge in [0.25, 0.3) is 0 Å². The summed E-state index contributed by atoms with van der Waals surface area (Å²) in [4.78, 5) is 3.91. The molecule has 0 aliphatic carbocycles. The van der Waals surface area contributed by atoms with Crippen molar-refractivity contribution < 1.29 is 19.5 Å². The van der Waals surface area contributed by atoms with Crippen LogP contribution in [0.2, 0.25) is 0 Å². The Morgan fingerprint density at radius 1 is 0.565 bits per heavy atom. The van der Waals surface area contributed by atoms with Crippen LogP contribution < -0.4 is 0 Å². The Balaban J connectivity index is 0.00000156. The molecule has 2 aromatic heterocycles. The van der Waals surface area contributed by atoms with Crippen LogP contribution in [0.15, 0.2) is 78.9 Å². The van der Waals surface area contributed by atoms with E-state index in [2.05, 4.69) is 72.1 Å². The normalized spacial score (nSPS) is 10.3. The van der Waals surface area contributed by atoms with Gasteiger partial charge in [0.2, 0.25) is 0 Å². The second kappa shape index (κ2) is 7.36. The Labute approximate surface area is 157 Å². The maximum absolute atomic E-state index is 3.15. The first-order valence-electron chi connectivity index (χ1n) is 7.12. The Kier molecular flexibility index (Phi) is 5.22. The summed E-state index contributed by atoms with van der Waals surface area (Å²) in [6, 6.07) is 27.8. The third-order valence-corrected chi connectivity index (χ3v) is 5.72. The molecule has 0 atom stereocenters. The molecule has 0 aliphatic rings. The van der Waals surface area contributed by atoms with E-state index in [-0.39, 0.29) is 19.5 Å². The fourth-order valence-corrected chi connectivity index (χ4v) is 4.21. The van der Waals surface area contributed by atoms with E-state index < -0.39 is 0 Å². The molecule has 0 fully saturated rings. The second-order valence-corrected chi connectivity index (χ2v) is 6.99. The van der Waals surface area contributed by atoms with Crippen LogP contribution in [0.5, 0.6) is 0 Å². The quantitative estimate of drug-likeness (QED) is 0.276. The number of rotatable bonds is 3. The predicted molar refractivity (Wildman–Crippen MR) is 97.3 cm³/mol. The molecular weight excluding hydrogens is 370 g/mol. The Morgan fingerprint density at radius 3 is 1.91 bits per heavy atom. The van der Waals surface area contributed by atoms with Gasteiger partial charge in [0, 0.05) is 24.4 Å². The molecule has 4 rings (SSSR count). The number of thiophene rings is 2. The van der Waals surface area contributed by atoms with Gasteiger partial charge in [-0.3, -0.25) is 11.3 Å². The molecule has 0 bridgehead atoms. The molecule has 0 N–H and O–H groups in total. The Morgan fingerprint density at radius 2 is 1.22 bits per heavy atom. The molecule has 3 heteroatoms. The first-order chi connectivity index (χ1) is 10.9. The van der Waals surface area contributed by atoms with Gasteiger partial charge in [-0.05, 0) is 27.6 Å². The molecule has 2 aromatic carbocycles. The van der Waals surface area contributed by atoms with Crippen molar-refractivity contribution in [1.82, 2.24) is 0 Å². The minimum atomic E-state index is 0. The predicted octanol–water partition coefficient (Wildman–Crippen LogP) is 6.61. The van der Waals surface area contributed by atoms with E-state index in [1.807, 2.05) is 23.5 Å². The van der Waals surface area contributed by atoms with Crippen molar-refractivity contribution in [2.75, 3.05) is 0 Å². The molecular formula is C20H13S2Zn-. The van der Waals surface area contributed by atoms with Crippen molar-refractivity contribution in [2.45, 2.75) is 0 Å². The minimum Gasteiger partial charge on any atom is -0.295 e. The summed E-state index contributed by atoms with van der Waals surface area (Å²) in [5, 5.41) is 3.15. The molecule has 108 valence electrons. The van der Waals surface area contributed by atoms with Gasteiger partial charge in [0.15, 0.2) is 0 Å². The van der Waals surface area contributed by atoms with Crippen molar-refractivity contribution in [1.29, 1.82) is 0 Å². The first kappa shape index (κ1) is 16.3. The molecule has 2 heterocycles. The zero-order valence-corrected chi connectivity index (χ0v) is 17.1. The Bertz CT molecular complexity index is 860. The summed E-state index contributed by atoms with van der Waals surface area (Å²) in [5.74, 6) is 0. The summed E-state index contributed by atoms with van der Waals surface area (Å²) in [7, 11) is 0. The summed E-state index contributed by atoms with van der Waals surface area (Å²) in [6.07, 6.45) is 0. The molecule has 0 saturated heterocycles. The van der Waals surface area contributed by atoms with Gasteiger partial charge in [0.05, 0.1) is 0 Å². The van der Waals surface area contributed by atoms with Gasteiger partial charge in [-0.25, -0.2) is 0 Å². The molecule has 0 unspecified atom stereocenters. The molecule has 0 saturated carbocycles. The topological polar surface area (TPSA) is 0 Å². The number of hydrogen-bond donors (Lipinski definition) is 0. The van der Waals surface area contributed by atoms with Crippen molar-refractivity contribution >= 4 is 22.7 Å². The van der Waals surface area contributed by atoms with E-state index in [0.717, 1.165) is 0 Å². The first-order valence-corrected chi connectivity index (χ1v) is 8.75. The average Bonchev–Trinajstić information content (AvgIpc) is 3.27. The van der Waals surface area contributed by atoms with Crippen molar-refractivity contribution in [3.8, 4) is 31.3 Å². The van der Waals surface area contributed by atoms with Crippen LogP contribution in [0.1, 0.15) is 0 Å². The van der Waals surface area contributed by atoms with Gasteiger partial charge in [0.1, 0.15) is 0 Å². The van der Waals surface area contributed by atoms with Crippen LogP contribution in [0.25, 0.3) is 31.3 Å². The number of benzene rings is 2. The molecule has 0 radical (unpaired) electrons. The van der Waals surface area contributed by atoms with E-state index in [1.165, 1.54) is 31.3 Å². The van der Waals surface area contributed by atoms with E-state index in [0.29, 0.717) is 0 Å². The summed E-state index contributed by atoms with van der Waals surface area (Å²) >= 11 is 3.51. The third kappa shape index (κ3) is 3.53. The van der Waals surface area contributed by atoms with E-state index in [1.54, 1.807) is 11.3 Å². The van der Waals surface area contributed by atoms with Crippen LogP contribution >= 0.6 is 22.7 Å². The monoisotopic (exact) mass is 381 g/mol. The van der Waals surface area contributed by atoms with Crippen molar-refractivity contribution in [2.24, 2.45) is 0 Å². The molecule has 0 nitrogen and oxygen atoms in total. The SMILES string of the molecule is [Zn].[c-]1ccc(-c2ccc(-c3ccc(-c4ccccc4)cc3)s2)s1. The van der Waals surface area contributed by atoms with E-state index >= 15 is 0 Å². The smallest absolute Gasteiger partial charge is 0.0337 e. The van der Waals surface area contributed by atoms with Gasteiger partial charge < -0.3 is 0 Å². The van der Waals surface area contributed by atoms with Crippen LogP contribution in [0, 0.1) is 5.38 Å².